The summed E-state index contributed by atoms with van der Waals surface area (Å²) in [7, 11) is 0. The van der Waals surface area contributed by atoms with Gasteiger partial charge in [0.25, 0.3) is 0 Å². The maximum absolute atomic E-state index is 5.52. The molecule has 68 valence electrons. The van der Waals surface area contributed by atoms with E-state index < -0.39 is 0 Å². The van der Waals surface area contributed by atoms with Crippen LogP contribution in [0.2, 0.25) is 0 Å². The SMILES string of the molecule is Sc1c2c(cc3c1OCC3)OCC2. The summed E-state index contributed by atoms with van der Waals surface area (Å²) in [6.45, 7) is 1.57. The number of hydrogen-bond donors (Lipinski definition) is 1. The molecule has 3 rings (SSSR count). The molecule has 3 heteroatoms. The van der Waals surface area contributed by atoms with E-state index in [2.05, 4.69) is 18.7 Å². The van der Waals surface area contributed by atoms with Gasteiger partial charge in [0.2, 0.25) is 0 Å². The average molecular weight is 194 g/mol. The van der Waals surface area contributed by atoms with Gasteiger partial charge in [-0.1, -0.05) is 0 Å². The van der Waals surface area contributed by atoms with E-state index >= 15 is 0 Å². The van der Waals surface area contributed by atoms with E-state index in [1.165, 1.54) is 11.1 Å². The normalized spacial score (nSPS) is 17.6. The van der Waals surface area contributed by atoms with E-state index in [-0.39, 0.29) is 0 Å². The van der Waals surface area contributed by atoms with Gasteiger partial charge in [-0.3, -0.25) is 0 Å². The average Bonchev–Trinajstić information content (AvgIpc) is 2.71. The van der Waals surface area contributed by atoms with E-state index in [4.69, 9.17) is 9.47 Å². The number of fused-ring (bicyclic) bond motifs is 2. The quantitative estimate of drug-likeness (QED) is 0.635. The first-order chi connectivity index (χ1) is 6.36. The molecule has 0 unspecified atom stereocenters. The Balaban J connectivity index is 2.26. The van der Waals surface area contributed by atoms with Crippen LogP contribution in [0, 0.1) is 0 Å². The molecule has 2 aliphatic rings. The van der Waals surface area contributed by atoms with Gasteiger partial charge >= 0.3 is 0 Å². The van der Waals surface area contributed by atoms with Gasteiger partial charge in [-0.2, -0.15) is 0 Å². The Morgan fingerprint density at radius 3 is 2.92 bits per heavy atom. The summed E-state index contributed by atoms with van der Waals surface area (Å²) < 4.78 is 11.0. The zero-order valence-corrected chi connectivity index (χ0v) is 8.06. The van der Waals surface area contributed by atoms with Crippen LogP contribution in [-0.4, -0.2) is 13.2 Å². The highest BCUT2D eigenvalue weighted by atomic mass is 32.1. The molecule has 0 atom stereocenters. The van der Waals surface area contributed by atoms with Crippen molar-refractivity contribution in [2.45, 2.75) is 17.7 Å². The smallest absolute Gasteiger partial charge is 0.136 e. The molecule has 0 saturated heterocycles. The highest BCUT2D eigenvalue weighted by Gasteiger charge is 2.24. The van der Waals surface area contributed by atoms with Crippen molar-refractivity contribution >= 4 is 12.6 Å². The number of benzene rings is 1. The van der Waals surface area contributed by atoms with Crippen LogP contribution in [0.1, 0.15) is 11.1 Å². The topological polar surface area (TPSA) is 18.5 Å². The van der Waals surface area contributed by atoms with Crippen molar-refractivity contribution < 1.29 is 9.47 Å². The van der Waals surface area contributed by atoms with E-state index in [9.17, 15) is 0 Å². The lowest BCUT2D eigenvalue weighted by molar-refractivity contribution is 0.349. The van der Waals surface area contributed by atoms with Gasteiger partial charge in [0.05, 0.1) is 18.1 Å². The second kappa shape index (κ2) is 2.58. The van der Waals surface area contributed by atoms with Crippen LogP contribution < -0.4 is 9.47 Å². The monoisotopic (exact) mass is 194 g/mol. The van der Waals surface area contributed by atoms with Crippen LogP contribution in [0.5, 0.6) is 11.5 Å². The Labute approximate surface area is 82.3 Å². The third-order valence-corrected chi connectivity index (χ3v) is 3.10. The minimum Gasteiger partial charge on any atom is -0.493 e. The Morgan fingerprint density at radius 2 is 2.00 bits per heavy atom. The first kappa shape index (κ1) is 7.56. The molecule has 1 aromatic carbocycles. The van der Waals surface area contributed by atoms with Gasteiger partial charge < -0.3 is 9.47 Å². The van der Waals surface area contributed by atoms with Crippen molar-refractivity contribution in [1.29, 1.82) is 0 Å². The van der Waals surface area contributed by atoms with Gasteiger partial charge in [-0.15, -0.1) is 12.6 Å². The minimum atomic E-state index is 0.784. The molecule has 0 saturated carbocycles. The molecule has 0 N–H and O–H groups in total. The van der Waals surface area contributed by atoms with Crippen LogP contribution >= 0.6 is 12.6 Å². The Morgan fingerprint density at radius 1 is 1.15 bits per heavy atom. The number of thiol groups is 1. The predicted octanol–water partition coefficient (Wildman–Crippen LogP) is 1.85. The highest BCUT2D eigenvalue weighted by Crippen LogP contribution is 2.42. The molecular formula is C10H10O2S. The second-order valence-electron chi connectivity index (χ2n) is 3.39. The van der Waals surface area contributed by atoms with Crippen LogP contribution in [-0.2, 0) is 12.8 Å². The summed E-state index contributed by atoms with van der Waals surface area (Å²) in [6.07, 6.45) is 1.95. The third kappa shape index (κ3) is 0.967. The molecule has 0 fully saturated rings. The lowest BCUT2D eigenvalue weighted by Crippen LogP contribution is -1.89. The van der Waals surface area contributed by atoms with Gasteiger partial charge in [-0.05, 0) is 6.07 Å². The summed E-state index contributed by atoms with van der Waals surface area (Å²) in [4.78, 5) is 0.988. The number of rotatable bonds is 0. The molecule has 0 spiro atoms. The van der Waals surface area contributed by atoms with E-state index in [0.717, 1.165) is 42.4 Å². The lowest BCUT2D eigenvalue weighted by atomic mass is 10.1. The maximum atomic E-state index is 5.52. The fourth-order valence-electron chi connectivity index (χ4n) is 1.96. The molecule has 0 radical (unpaired) electrons. The molecule has 0 amide bonds. The summed E-state index contributed by atoms with van der Waals surface area (Å²) in [5.74, 6) is 1.99. The zero-order chi connectivity index (χ0) is 8.84. The maximum Gasteiger partial charge on any atom is 0.136 e. The summed E-state index contributed by atoms with van der Waals surface area (Å²) >= 11 is 4.49. The Hall–Kier alpha value is -0.830. The third-order valence-electron chi connectivity index (χ3n) is 2.62. The number of hydrogen-bond acceptors (Lipinski definition) is 3. The van der Waals surface area contributed by atoms with E-state index in [0.29, 0.717) is 0 Å². The largest absolute Gasteiger partial charge is 0.493 e. The molecule has 1 aromatic rings. The van der Waals surface area contributed by atoms with Crippen molar-refractivity contribution in [3.63, 3.8) is 0 Å². The first-order valence-electron chi connectivity index (χ1n) is 4.49. The summed E-state index contributed by atoms with van der Waals surface area (Å²) in [5, 5.41) is 0. The van der Waals surface area contributed by atoms with Crippen LogP contribution in [0.15, 0.2) is 11.0 Å². The summed E-state index contributed by atoms with van der Waals surface area (Å²) in [5.41, 5.74) is 2.45. The molecular weight excluding hydrogens is 184 g/mol. The van der Waals surface area contributed by atoms with Gasteiger partial charge in [0.15, 0.2) is 0 Å². The Bertz CT molecular complexity index is 341. The van der Waals surface area contributed by atoms with Crippen molar-refractivity contribution in [2.24, 2.45) is 0 Å². The summed E-state index contributed by atoms with van der Waals surface area (Å²) in [6, 6.07) is 2.10. The van der Waals surface area contributed by atoms with Crippen molar-refractivity contribution in [3.8, 4) is 11.5 Å². The highest BCUT2D eigenvalue weighted by molar-refractivity contribution is 7.80. The van der Waals surface area contributed by atoms with E-state index in [1.807, 2.05) is 0 Å². The lowest BCUT2D eigenvalue weighted by Gasteiger charge is -2.07. The van der Waals surface area contributed by atoms with Crippen molar-refractivity contribution in [2.75, 3.05) is 13.2 Å². The van der Waals surface area contributed by atoms with Gasteiger partial charge in [-0.25, -0.2) is 0 Å². The van der Waals surface area contributed by atoms with Gasteiger partial charge in [0, 0.05) is 24.0 Å². The molecule has 2 heterocycles. The molecule has 0 bridgehead atoms. The van der Waals surface area contributed by atoms with Crippen LogP contribution in [0.4, 0.5) is 0 Å². The fraction of sp³-hybridized carbons (Fsp3) is 0.400. The van der Waals surface area contributed by atoms with E-state index in [1.54, 1.807) is 0 Å². The van der Waals surface area contributed by atoms with Gasteiger partial charge in [0.1, 0.15) is 11.5 Å². The standard InChI is InChI=1S/C10H10O2S/c13-10-7-2-4-11-8(7)5-6-1-3-12-9(6)10/h5,13H,1-4H2. The van der Waals surface area contributed by atoms with Crippen molar-refractivity contribution in [3.05, 3.63) is 17.2 Å². The first-order valence-corrected chi connectivity index (χ1v) is 4.94. The Kier molecular flexibility index (Phi) is 1.50. The molecule has 2 aliphatic heterocycles. The molecule has 2 nitrogen and oxygen atoms in total. The number of ether oxygens (including phenoxy) is 2. The molecule has 13 heavy (non-hydrogen) atoms. The zero-order valence-electron chi connectivity index (χ0n) is 7.17. The second-order valence-corrected chi connectivity index (χ2v) is 3.83. The minimum absolute atomic E-state index is 0.784. The van der Waals surface area contributed by atoms with Crippen LogP contribution in [0.3, 0.4) is 0 Å². The fourth-order valence-corrected chi connectivity index (χ4v) is 2.39. The predicted molar refractivity (Wildman–Crippen MR) is 52.1 cm³/mol. The molecule has 0 aliphatic carbocycles. The van der Waals surface area contributed by atoms with Crippen LogP contribution in [0.25, 0.3) is 0 Å². The molecule has 0 aromatic heterocycles. The van der Waals surface area contributed by atoms with Crippen molar-refractivity contribution in [1.82, 2.24) is 0 Å².